The van der Waals surface area contributed by atoms with Crippen molar-refractivity contribution in [2.75, 3.05) is 62.4 Å². The van der Waals surface area contributed by atoms with E-state index >= 15 is 0 Å². The number of amides is 2. The molecule has 2 atom stereocenters. The Bertz CT molecular complexity index is 308. The SMILES string of the molecule is O=C1N(CCSCC2CO2)CCN1CCSCC1CO1. The Balaban J connectivity index is 1.25. The van der Waals surface area contributed by atoms with Gasteiger partial charge in [-0.15, -0.1) is 0 Å². The molecule has 0 saturated carbocycles. The van der Waals surface area contributed by atoms with Crippen LogP contribution < -0.4 is 0 Å². The van der Waals surface area contributed by atoms with Crippen molar-refractivity contribution >= 4 is 29.6 Å². The van der Waals surface area contributed by atoms with Crippen LogP contribution in [0.1, 0.15) is 0 Å². The van der Waals surface area contributed by atoms with E-state index in [0.717, 1.165) is 62.4 Å². The molecule has 7 heteroatoms. The second kappa shape index (κ2) is 7.24. The Kier molecular flexibility index (Phi) is 5.36. The first-order valence-corrected chi connectivity index (χ1v) is 9.56. The second-order valence-corrected chi connectivity index (χ2v) is 7.62. The maximum absolute atomic E-state index is 12.2. The molecule has 3 rings (SSSR count). The first-order chi connectivity index (χ1) is 9.83. The normalized spacial score (nSPS) is 28.3. The molecular weight excluding hydrogens is 296 g/mol. The summed E-state index contributed by atoms with van der Waals surface area (Å²) in [6, 6.07) is 0.219. The lowest BCUT2D eigenvalue weighted by Crippen LogP contribution is -2.34. The van der Waals surface area contributed by atoms with E-state index < -0.39 is 0 Å². The highest BCUT2D eigenvalue weighted by Gasteiger charge is 2.28. The van der Waals surface area contributed by atoms with Crippen LogP contribution in [0.3, 0.4) is 0 Å². The standard InChI is InChI=1S/C13H22N2O3S2/c16-13-14(3-5-19-9-11-7-17-11)1-2-15(13)4-6-20-10-12-8-18-12/h11-12H,1-10H2. The summed E-state index contributed by atoms with van der Waals surface area (Å²) in [4.78, 5) is 16.1. The van der Waals surface area contributed by atoms with E-state index in [9.17, 15) is 4.79 Å². The molecule has 3 heterocycles. The number of rotatable bonds is 10. The molecule has 0 aliphatic carbocycles. The number of nitrogens with zero attached hydrogens (tertiary/aromatic N) is 2. The predicted molar refractivity (Wildman–Crippen MR) is 82.7 cm³/mol. The van der Waals surface area contributed by atoms with Crippen LogP contribution in [-0.4, -0.2) is 90.4 Å². The molecule has 0 N–H and O–H groups in total. The molecule has 0 aromatic heterocycles. The molecule has 0 aromatic rings. The molecule has 0 spiro atoms. The van der Waals surface area contributed by atoms with Crippen LogP contribution in [0.15, 0.2) is 0 Å². The van der Waals surface area contributed by atoms with Crippen molar-refractivity contribution in [2.45, 2.75) is 12.2 Å². The molecule has 0 bridgehead atoms. The monoisotopic (exact) mass is 318 g/mol. The lowest BCUT2D eigenvalue weighted by atomic mass is 10.5. The van der Waals surface area contributed by atoms with E-state index in [1.165, 1.54) is 0 Å². The zero-order valence-electron chi connectivity index (χ0n) is 11.7. The molecule has 0 radical (unpaired) electrons. The van der Waals surface area contributed by atoms with Crippen LogP contribution in [0.4, 0.5) is 4.79 Å². The fourth-order valence-corrected chi connectivity index (χ4v) is 4.10. The number of carbonyl (C=O) groups excluding carboxylic acids is 1. The third kappa shape index (κ3) is 4.72. The number of epoxide rings is 2. The van der Waals surface area contributed by atoms with Crippen LogP contribution in [0.2, 0.25) is 0 Å². The quantitative estimate of drug-likeness (QED) is 0.444. The minimum absolute atomic E-state index is 0.219. The van der Waals surface area contributed by atoms with Crippen molar-refractivity contribution < 1.29 is 14.3 Å². The fourth-order valence-electron chi connectivity index (χ4n) is 2.16. The smallest absolute Gasteiger partial charge is 0.320 e. The van der Waals surface area contributed by atoms with Gasteiger partial charge < -0.3 is 19.3 Å². The number of ether oxygens (including phenoxy) is 2. The van der Waals surface area contributed by atoms with Crippen molar-refractivity contribution in [1.29, 1.82) is 0 Å². The molecule has 3 aliphatic rings. The zero-order chi connectivity index (χ0) is 13.8. The van der Waals surface area contributed by atoms with E-state index in [-0.39, 0.29) is 6.03 Å². The van der Waals surface area contributed by atoms with Crippen LogP contribution in [0, 0.1) is 0 Å². The highest BCUT2D eigenvalue weighted by molar-refractivity contribution is 7.99. The van der Waals surface area contributed by atoms with Gasteiger partial charge in [-0.05, 0) is 0 Å². The summed E-state index contributed by atoms with van der Waals surface area (Å²) in [5.41, 5.74) is 0. The molecule has 0 aromatic carbocycles. The molecule has 114 valence electrons. The van der Waals surface area contributed by atoms with Gasteiger partial charge in [0.15, 0.2) is 0 Å². The third-order valence-electron chi connectivity index (χ3n) is 3.60. The summed E-state index contributed by atoms with van der Waals surface area (Å²) in [5.74, 6) is 4.19. The largest absolute Gasteiger partial charge is 0.372 e. The van der Waals surface area contributed by atoms with Crippen molar-refractivity contribution in [3.05, 3.63) is 0 Å². The first-order valence-electron chi connectivity index (χ1n) is 7.25. The number of carbonyl (C=O) groups is 1. The van der Waals surface area contributed by atoms with Gasteiger partial charge in [0.2, 0.25) is 0 Å². The number of urea groups is 1. The third-order valence-corrected chi connectivity index (χ3v) is 5.76. The highest BCUT2D eigenvalue weighted by Crippen LogP contribution is 2.18. The maximum Gasteiger partial charge on any atom is 0.320 e. The number of thioether (sulfide) groups is 2. The summed E-state index contributed by atoms with van der Waals surface area (Å²) in [5, 5.41) is 0. The lowest BCUT2D eigenvalue weighted by molar-refractivity contribution is 0.196. The average Bonchev–Trinajstić information content (AvgIpc) is 3.34. The maximum atomic E-state index is 12.2. The van der Waals surface area contributed by atoms with Crippen molar-refractivity contribution in [1.82, 2.24) is 9.80 Å². The van der Waals surface area contributed by atoms with Crippen LogP contribution in [-0.2, 0) is 9.47 Å². The molecule has 2 unspecified atom stereocenters. The van der Waals surface area contributed by atoms with E-state index in [1.807, 2.05) is 33.3 Å². The summed E-state index contributed by atoms with van der Waals surface area (Å²) in [6.07, 6.45) is 0.969. The van der Waals surface area contributed by atoms with Gasteiger partial charge in [-0.2, -0.15) is 23.5 Å². The van der Waals surface area contributed by atoms with Crippen molar-refractivity contribution in [2.24, 2.45) is 0 Å². The summed E-state index contributed by atoms with van der Waals surface area (Å²) in [6.45, 7) is 5.36. The average molecular weight is 318 g/mol. The van der Waals surface area contributed by atoms with Crippen LogP contribution in [0.5, 0.6) is 0 Å². The number of hydrogen-bond acceptors (Lipinski definition) is 5. The highest BCUT2D eigenvalue weighted by atomic mass is 32.2. The van der Waals surface area contributed by atoms with Gasteiger partial charge in [0.25, 0.3) is 0 Å². The minimum Gasteiger partial charge on any atom is -0.372 e. The van der Waals surface area contributed by atoms with E-state index in [0.29, 0.717) is 12.2 Å². The number of hydrogen-bond donors (Lipinski definition) is 0. The Morgan fingerprint density at radius 1 is 0.950 bits per heavy atom. The summed E-state index contributed by atoms with van der Waals surface area (Å²) in [7, 11) is 0. The zero-order valence-corrected chi connectivity index (χ0v) is 13.3. The molecule has 3 saturated heterocycles. The summed E-state index contributed by atoms with van der Waals surface area (Å²) < 4.78 is 10.3. The predicted octanol–water partition coefficient (Wildman–Crippen LogP) is 0.988. The van der Waals surface area contributed by atoms with Gasteiger partial charge in [-0.1, -0.05) is 0 Å². The molecular formula is C13H22N2O3S2. The lowest BCUT2D eigenvalue weighted by Gasteiger charge is -2.18. The molecule has 2 amide bonds. The van der Waals surface area contributed by atoms with Crippen molar-refractivity contribution in [3.63, 3.8) is 0 Å². The van der Waals surface area contributed by atoms with Gasteiger partial charge in [0.1, 0.15) is 0 Å². The van der Waals surface area contributed by atoms with Crippen molar-refractivity contribution in [3.8, 4) is 0 Å². The first kappa shape index (κ1) is 14.8. The van der Waals surface area contributed by atoms with Gasteiger partial charge >= 0.3 is 6.03 Å². The van der Waals surface area contributed by atoms with E-state index in [1.54, 1.807) is 0 Å². The molecule has 3 aliphatic heterocycles. The topological polar surface area (TPSA) is 48.6 Å². The van der Waals surface area contributed by atoms with E-state index in [4.69, 9.17) is 9.47 Å². The molecule has 20 heavy (non-hydrogen) atoms. The summed E-state index contributed by atoms with van der Waals surface area (Å²) >= 11 is 3.78. The Hall–Kier alpha value is -0.110. The van der Waals surface area contributed by atoms with Crippen LogP contribution in [0.25, 0.3) is 0 Å². The van der Waals surface area contributed by atoms with Gasteiger partial charge in [-0.25, -0.2) is 4.79 Å². The second-order valence-electron chi connectivity index (χ2n) is 5.32. The van der Waals surface area contributed by atoms with Crippen LogP contribution >= 0.6 is 23.5 Å². The van der Waals surface area contributed by atoms with E-state index in [2.05, 4.69) is 0 Å². The van der Waals surface area contributed by atoms with Gasteiger partial charge in [0, 0.05) is 49.2 Å². The Labute approximate surface area is 128 Å². The molecule has 5 nitrogen and oxygen atoms in total. The Morgan fingerprint density at radius 3 is 1.80 bits per heavy atom. The minimum atomic E-state index is 0.219. The molecule has 3 fully saturated rings. The van der Waals surface area contributed by atoms with Gasteiger partial charge in [0.05, 0.1) is 25.4 Å². The fraction of sp³-hybridized carbons (Fsp3) is 0.923. The Morgan fingerprint density at radius 2 is 1.40 bits per heavy atom. The van der Waals surface area contributed by atoms with Gasteiger partial charge in [-0.3, -0.25) is 0 Å².